The van der Waals surface area contributed by atoms with Gasteiger partial charge >= 0.3 is 0 Å². The number of nitrogens with zero attached hydrogens (tertiary/aromatic N) is 1. The third-order valence-electron chi connectivity index (χ3n) is 4.08. The molecule has 3 rings (SSSR count). The highest BCUT2D eigenvalue weighted by atomic mass is 33.1. The molecule has 1 amide bonds. The summed E-state index contributed by atoms with van der Waals surface area (Å²) in [7, 11) is 3.98. The molecule has 138 valence electrons. The van der Waals surface area contributed by atoms with Gasteiger partial charge in [-0.1, -0.05) is 34.1 Å². The lowest BCUT2D eigenvalue weighted by molar-refractivity contribution is -0.116. The number of nitrogens with one attached hydrogen (secondary N) is 1. The second kappa shape index (κ2) is 10.0. The van der Waals surface area contributed by atoms with Gasteiger partial charge in [-0.15, -0.1) is 11.3 Å². The van der Waals surface area contributed by atoms with Crippen LogP contribution in [0.2, 0.25) is 0 Å². The van der Waals surface area contributed by atoms with Crippen LogP contribution in [-0.4, -0.2) is 22.7 Å². The first-order chi connectivity index (χ1) is 12.7. The molecule has 1 aliphatic heterocycles. The Hall–Kier alpha value is -1.44. The third kappa shape index (κ3) is 6.07. The lowest BCUT2D eigenvalue weighted by Crippen LogP contribution is -2.11. The fourth-order valence-corrected chi connectivity index (χ4v) is 6.34. The first kappa shape index (κ1) is 19.3. The number of amidine groups is 1. The molecule has 26 heavy (non-hydrogen) atoms. The maximum absolute atomic E-state index is 12.1. The minimum atomic E-state index is 0.0767. The van der Waals surface area contributed by atoms with Gasteiger partial charge in [0.15, 0.2) is 0 Å². The Morgan fingerprint density at radius 2 is 2.08 bits per heavy atom. The molecule has 1 aromatic heterocycles. The van der Waals surface area contributed by atoms with Crippen LogP contribution in [0.4, 0.5) is 11.4 Å². The van der Waals surface area contributed by atoms with Gasteiger partial charge < -0.3 is 11.1 Å². The Labute approximate surface area is 166 Å². The highest BCUT2D eigenvalue weighted by Gasteiger charge is 2.15. The molecule has 0 radical (unpaired) electrons. The van der Waals surface area contributed by atoms with Crippen LogP contribution in [0.5, 0.6) is 0 Å². The summed E-state index contributed by atoms with van der Waals surface area (Å²) in [6.07, 6.45) is 5.20. The van der Waals surface area contributed by atoms with E-state index in [-0.39, 0.29) is 5.91 Å². The Bertz CT molecular complexity index is 723. The van der Waals surface area contributed by atoms with Crippen LogP contribution < -0.4 is 11.1 Å². The maximum Gasteiger partial charge on any atom is 0.224 e. The number of amides is 1. The van der Waals surface area contributed by atoms with E-state index in [0.717, 1.165) is 34.3 Å². The molecule has 1 fully saturated rings. The van der Waals surface area contributed by atoms with Crippen LogP contribution in [0.15, 0.2) is 46.8 Å². The van der Waals surface area contributed by atoms with E-state index in [4.69, 9.17) is 5.73 Å². The lowest BCUT2D eigenvalue weighted by atomic mass is 10.1. The smallest absolute Gasteiger partial charge is 0.224 e. The molecule has 0 spiro atoms. The third-order valence-corrected chi connectivity index (χ3v) is 7.98. The number of hydrogen-bond donors (Lipinski definition) is 2. The van der Waals surface area contributed by atoms with Crippen molar-refractivity contribution in [1.82, 2.24) is 0 Å². The summed E-state index contributed by atoms with van der Waals surface area (Å²) in [5.74, 6) is 1.86. The summed E-state index contributed by atoms with van der Waals surface area (Å²) < 4.78 is 0. The van der Waals surface area contributed by atoms with E-state index in [1.807, 2.05) is 63.4 Å². The van der Waals surface area contributed by atoms with Gasteiger partial charge in [-0.05, 0) is 55.0 Å². The maximum atomic E-state index is 12.1. The van der Waals surface area contributed by atoms with E-state index < -0.39 is 0 Å². The number of anilines is 1. The number of carbonyl (C=O) groups is 1. The molecule has 4 nitrogen and oxygen atoms in total. The molecule has 0 aliphatic carbocycles. The number of unbranched alkanes of at least 4 members (excludes halogenated alkanes) is 1. The molecule has 2 aromatic rings. The fraction of sp³-hybridized carbons (Fsp3) is 0.368. The summed E-state index contributed by atoms with van der Waals surface area (Å²) in [5, 5.41) is 5.72. The second-order valence-electron chi connectivity index (χ2n) is 6.14. The van der Waals surface area contributed by atoms with Crippen molar-refractivity contribution in [2.24, 2.45) is 10.7 Å². The van der Waals surface area contributed by atoms with Crippen LogP contribution in [0, 0.1) is 0 Å². The molecule has 0 unspecified atom stereocenters. The zero-order chi connectivity index (χ0) is 18.2. The van der Waals surface area contributed by atoms with Gasteiger partial charge in [0.2, 0.25) is 5.91 Å². The van der Waals surface area contributed by atoms with Crippen molar-refractivity contribution in [2.75, 3.05) is 11.1 Å². The van der Waals surface area contributed by atoms with Crippen molar-refractivity contribution in [2.45, 2.75) is 37.4 Å². The minimum Gasteiger partial charge on any atom is -0.383 e. The Morgan fingerprint density at radius 1 is 1.23 bits per heavy atom. The average molecular weight is 406 g/mol. The Kier molecular flexibility index (Phi) is 7.46. The summed E-state index contributed by atoms with van der Waals surface area (Å²) in [6, 6.07) is 11.4. The van der Waals surface area contributed by atoms with E-state index >= 15 is 0 Å². The van der Waals surface area contributed by atoms with Crippen LogP contribution in [0.3, 0.4) is 0 Å². The average Bonchev–Trinajstić information content (AvgIpc) is 3.34. The number of nitrogens with two attached hydrogens (primary N) is 1. The lowest BCUT2D eigenvalue weighted by Gasteiger charge is -2.08. The van der Waals surface area contributed by atoms with Gasteiger partial charge in [-0.25, -0.2) is 4.99 Å². The van der Waals surface area contributed by atoms with Gasteiger partial charge in [0.05, 0.1) is 10.6 Å². The van der Waals surface area contributed by atoms with Gasteiger partial charge in [-0.3, -0.25) is 4.79 Å². The second-order valence-corrected chi connectivity index (χ2v) is 9.88. The van der Waals surface area contributed by atoms with E-state index in [2.05, 4.69) is 10.3 Å². The first-order valence-electron chi connectivity index (χ1n) is 8.77. The van der Waals surface area contributed by atoms with Crippen molar-refractivity contribution in [1.29, 1.82) is 0 Å². The van der Waals surface area contributed by atoms with Crippen LogP contribution >= 0.6 is 32.9 Å². The number of benzene rings is 1. The highest BCUT2D eigenvalue weighted by Crippen LogP contribution is 2.39. The molecule has 1 aliphatic rings. The van der Waals surface area contributed by atoms with Crippen molar-refractivity contribution in [3.05, 3.63) is 46.7 Å². The quantitative estimate of drug-likeness (QED) is 0.266. The van der Waals surface area contributed by atoms with Gasteiger partial charge in [0.1, 0.15) is 5.84 Å². The first-order valence-corrected chi connectivity index (χ1v) is 12.0. The van der Waals surface area contributed by atoms with Crippen molar-refractivity contribution >= 4 is 56.0 Å². The summed E-state index contributed by atoms with van der Waals surface area (Å²) in [5.41, 5.74) is 7.57. The van der Waals surface area contributed by atoms with Crippen LogP contribution in [-0.2, 0) is 4.79 Å². The number of hydrogen-bond acceptors (Lipinski definition) is 5. The van der Waals surface area contributed by atoms with Gasteiger partial charge in [0, 0.05) is 23.1 Å². The highest BCUT2D eigenvalue weighted by molar-refractivity contribution is 8.77. The fourth-order valence-electron chi connectivity index (χ4n) is 2.68. The SMILES string of the molecule is NC(=Nc1ccc(NC(=O)CCCC[C@@H]2CCSS2)cc1)c1cccs1. The predicted octanol–water partition coefficient (Wildman–Crippen LogP) is 5.44. The van der Waals surface area contributed by atoms with Crippen LogP contribution in [0.25, 0.3) is 0 Å². The molecule has 0 bridgehead atoms. The van der Waals surface area contributed by atoms with E-state index in [1.165, 1.54) is 18.6 Å². The molecular weight excluding hydrogens is 382 g/mol. The zero-order valence-corrected chi connectivity index (χ0v) is 17.0. The van der Waals surface area contributed by atoms with Gasteiger partial charge in [-0.2, -0.15) is 0 Å². The normalized spacial score (nSPS) is 17.4. The Balaban J connectivity index is 1.41. The molecule has 7 heteroatoms. The van der Waals surface area contributed by atoms with Crippen molar-refractivity contribution in [3.63, 3.8) is 0 Å². The molecular formula is C19H23N3OS3. The monoisotopic (exact) mass is 405 g/mol. The van der Waals surface area contributed by atoms with Crippen LogP contribution in [0.1, 0.15) is 37.0 Å². The summed E-state index contributed by atoms with van der Waals surface area (Å²) in [4.78, 5) is 17.4. The number of rotatable bonds is 8. The van der Waals surface area contributed by atoms with Crippen molar-refractivity contribution in [3.8, 4) is 0 Å². The number of thiophene rings is 1. The Morgan fingerprint density at radius 3 is 2.77 bits per heavy atom. The summed E-state index contributed by atoms with van der Waals surface area (Å²) >= 11 is 1.56. The van der Waals surface area contributed by atoms with Crippen molar-refractivity contribution < 1.29 is 4.79 Å². The predicted molar refractivity (Wildman–Crippen MR) is 117 cm³/mol. The molecule has 0 saturated carbocycles. The molecule has 1 saturated heterocycles. The largest absolute Gasteiger partial charge is 0.383 e. The molecule has 1 atom stereocenters. The van der Waals surface area contributed by atoms with Gasteiger partial charge in [0.25, 0.3) is 0 Å². The number of carbonyl (C=O) groups excluding carboxylic acids is 1. The molecule has 3 N–H and O–H groups in total. The molecule has 1 aromatic carbocycles. The number of aliphatic imine (C=N–C) groups is 1. The zero-order valence-electron chi connectivity index (χ0n) is 14.5. The van der Waals surface area contributed by atoms with E-state index in [9.17, 15) is 4.79 Å². The van der Waals surface area contributed by atoms with E-state index in [1.54, 1.807) is 11.3 Å². The van der Waals surface area contributed by atoms with E-state index in [0.29, 0.717) is 12.3 Å². The topological polar surface area (TPSA) is 67.5 Å². The molecule has 2 heterocycles. The standard InChI is InChI=1S/C19H23N3OS3/c20-19(17-5-3-12-24-17)22-15-9-7-14(8-10-15)21-18(23)6-2-1-4-16-11-13-25-26-16/h3,5,7-10,12,16H,1-2,4,6,11,13H2,(H2,20,22)(H,21,23)/t16-/m1/s1. The summed E-state index contributed by atoms with van der Waals surface area (Å²) in [6.45, 7) is 0. The minimum absolute atomic E-state index is 0.0767.